The molecule has 0 spiro atoms. The summed E-state index contributed by atoms with van der Waals surface area (Å²) in [6.45, 7) is 4.84. The highest BCUT2D eigenvalue weighted by atomic mass is 15.3. The van der Waals surface area contributed by atoms with E-state index in [1.165, 1.54) is 51.4 Å². The summed E-state index contributed by atoms with van der Waals surface area (Å²) in [6, 6.07) is 0.452. The monoisotopic (exact) mass is 281 g/mol. The minimum atomic E-state index is 0.276. The lowest BCUT2D eigenvalue weighted by Gasteiger charge is -2.52. The molecule has 20 heavy (non-hydrogen) atoms. The normalized spacial score (nSPS) is 36.0. The van der Waals surface area contributed by atoms with Crippen molar-refractivity contribution in [1.82, 2.24) is 10.3 Å². The van der Waals surface area contributed by atoms with Crippen molar-refractivity contribution >= 4 is 0 Å². The molecule has 4 atom stereocenters. The molecule has 2 saturated carbocycles. The summed E-state index contributed by atoms with van der Waals surface area (Å²) in [4.78, 5) is 2.47. The van der Waals surface area contributed by atoms with Gasteiger partial charge < -0.3 is 4.90 Å². The molecule has 3 N–H and O–H groups in total. The molecule has 0 saturated heterocycles. The van der Waals surface area contributed by atoms with Crippen LogP contribution in [0.1, 0.15) is 65.2 Å². The van der Waals surface area contributed by atoms with Crippen molar-refractivity contribution in [2.45, 2.75) is 76.8 Å². The van der Waals surface area contributed by atoms with Crippen molar-refractivity contribution in [2.75, 3.05) is 14.1 Å². The van der Waals surface area contributed by atoms with Gasteiger partial charge in [-0.15, -0.1) is 0 Å². The Morgan fingerprint density at radius 3 is 2.20 bits per heavy atom. The van der Waals surface area contributed by atoms with Crippen LogP contribution in [-0.2, 0) is 0 Å². The maximum absolute atomic E-state index is 6.06. The Morgan fingerprint density at radius 2 is 1.70 bits per heavy atom. The van der Waals surface area contributed by atoms with Gasteiger partial charge in [0.15, 0.2) is 0 Å². The number of hydrogen-bond donors (Lipinski definition) is 2. The number of nitrogens with two attached hydrogens (primary N) is 1. The molecule has 2 rings (SSSR count). The molecule has 2 aliphatic carbocycles. The van der Waals surface area contributed by atoms with E-state index in [1.54, 1.807) is 0 Å². The third-order valence-corrected chi connectivity index (χ3v) is 6.48. The molecule has 0 radical (unpaired) electrons. The first-order valence-electron chi connectivity index (χ1n) is 8.65. The van der Waals surface area contributed by atoms with Crippen molar-refractivity contribution in [3.8, 4) is 0 Å². The molecule has 118 valence electrons. The van der Waals surface area contributed by atoms with Crippen LogP contribution in [0.15, 0.2) is 0 Å². The summed E-state index contributed by atoms with van der Waals surface area (Å²) in [6.07, 6.45) is 10.8. The first-order valence-corrected chi connectivity index (χ1v) is 8.65. The van der Waals surface area contributed by atoms with Crippen LogP contribution in [0.3, 0.4) is 0 Å². The average Bonchev–Trinajstić information content (AvgIpc) is 2.44. The van der Waals surface area contributed by atoms with Crippen molar-refractivity contribution < 1.29 is 0 Å². The Labute approximate surface area is 125 Å². The van der Waals surface area contributed by atoms with Gasteiger partial charge in [0, 0.05) is 11.6 Å². The Hall–Kier alpha value is -0.120. The Bertz CT molecular complexity index is 297. The topological polar surface area (TPSA) is 41.3 Å². The van der Waals surface area contributed by atoms with Crippen LogP contribution in [0.5, 0.6) is 0 Å². The van der Waals surface area contributed by atoms with E-state index in [2.05, 4.69) is 38.3 Å². The molecule has 2 fully saturated rings. The van der Waals surface area contributed by atoms with E-state index >= 15 is 0 Å². The second kappa shape index (κ2) is 6.76. The van der Waals surface area contributed by atoms with E-state index in [9.17, 15) is 0 Å². The standard InChI is InChI=1S/C17H35N3/c1-13-8-9-15(12-14(13)2)16(19-18)17(20(3)4)10-6-5-7-11-17/h13-16,19H,5-12,18H2,1-4H3. The maximum atomic E-state index is 6.06. The summed E-state index contributed by atoms with van der Waals surface area (Å²) in [5.41, 5.74) is 3.53. The maximum Gasteiger partial charge on any atom is 0.0422 e. The lowest BCUT2D eigenvalue weighted by atomic mass is 9.65. The zero-order valence-corrected chi connectivity index (χ0v) is 14.0. The average molecular weight is 281 g/mol. The number of rotatable bonds is 4. The molecule has 0 heterocycles. The van der Waals surface area contributed by atoms with Gasteiger partial charge in [-0.25, -0.2) is 0 Å². The predicted octanol–water partition coefficient (Wildman–Crippen LogP) is 3.16. The summed E-state index contributed by atoms with van der Waals surface area (Å²) < 4.78 is 0. The highest BCUT2D eigenvalue weighted by Gasteiger charge is 2.45. The second-order valence-electron chi connectivity index (χ2n) is 7.73. The van der Waals surface area contributed by atoms with Crippen LogP contribution in [0.4, 0.5) is 0 Å². The van der Waals surface area contributed by atoms with Crippen LogP contribution in [0.2, 0.25) is 0 Å². The third-order valence-electron chi connectivity index (χ3n) is 6.48. The van der Waals surface area contributed by atoms with E-state index in [0.717, 1.165) is 17.8 Å². The Kier molecular flexibility index (Phi) is 5.49. The molecular weight excluding hydrogens is 246 g/mol. The van der Waals surface area contributed by atoms with Gasteiger partial charge in [0.05, 0.1) is 0 Å². The molecular formula is C17H35N3. The molecule has 2 aliphatic rings. The van der Waals surface area contributed by atoms with E-state index in [1.807, 2.05) is 0 Å². The van der Waals surface area contributed by atoms with E-state index in [-0.39, 0.29) is 5.54 Å². The van der Waals surface area contributed by atoms with Crippen molar-refractivity contribution in [2.24, 2.45) is 23.6 Å². The summed E-state index contributed by atoms with van der Waals surface area (Å²) in [7, 11) is 4.51. The molecule has 0 bridgehead atoms. The SMILES string of the molecule is CC1CCC(C(NN)C2(N(C)C)CCCCC2)CC1C. The highest BCUT2D eigenvalue weighted by molar-refractivity contribution is 5.03. The first kappa shape index (κ1) is 16.3. The van der Waals surface area contributed by atoms with Crippen molar-refractivity contribution in [3.05, 3.63) is 0 Å². The van der Waals surface area contributed by atoms with Crippen LogP contribution in [0.25, 0.3) is 0 Å². The van der Waals surface area contributed by atoms with Gasteiger partial charge in [-0.2, -0.15) is 0 Å². The Morgan fingerprint density at radius 1 is 1.05 bits per heavy atom. The van der Waals surface area contributed by atoms with E-state index < -0.39 is 0 Å². The number of hydrogen-bond acceptors (Lipinski definition) is 3. The molecule has 0 amide bonds. The van der Waals surface area contributed by atoms with E-state index in [4.69, 9.17) is 5.84 Å². The summed E-state index contributed by atoms with van der Waals surface area (Å²) >= 11 is 0. The number of nitrogens with one attached hydrogen (secondary N) is 1. The lowest BCUT2D eigenvalue weighted by molar-refractivity contribution is 0.0133. The largest absolute Gasteiger partial charge is 0.302 e. The molecule has 3 nitrogen and oxygen atoms in total. The fraction of sp³-hybridized carbons (Fsp3) is 1.00. The quantitative estimate of drug-likeness (QED) is 0.614. The van der Waals surface area contributed by atoms with Crippen molar-refractivity contribution in [1.29, 1.82) is 0 Å². The minimum Gasteiger partial charge on any atom is -0.302 e. The fourth-order valence-corrected chi connectivity index (χ4v) is 4.82. The van der Waals surface area contributed by atoms with Gasteiger partial charge in [0.1, 0.15) is 0 Å². The molecule has 0 aliphatic heterocycles. The van der Waals surface area contributed by atoms with Gasteiger partial charge in [-0.3, -0.25) is 11.3 Å². The lowest BCUT2D eigenvalue weighted by Crippen LogP contribution is -2.64. The molecule has 3 heteroatoms. The third kappa shape index (κ3) is 3.05. The summed E-state index contributed by atoms with van der Waals surface area (Å²) in [5, 5.41) is 0. The van der Waals surface area contributed by atoms with E-state index in [0.29, 0.717) is 6.04 Å². The number of likely N-dealkylation sites (N-methyl/N-ethyl adjacent to an activating group) is 1. The van der Waals surface area contributed by atoms with Crippen LogP contribution < -0.4 is 11.3 Å². The zero-order valence-electron chi connectivity index (χ0n) is 14.0. The zero-order chi connectivity index (χ0) is 14.8. The predicted molar refractivity (Wildman–Crippen MR) is 86.3 cm³/mol. The first-order chi connectivity index (χ1) is 9.51. The van der Waals surface area contributed by atoms with Gasteiger partial charge >= 0.3 is 0 Å². The molecule has 0 aromatic rings. The molecule has 0 aromatic heterocycles. The smallest absolute Gasteiger partial charge is 0.0422 e. The fourth-order valence-electron chi connectivity index (χ4n) is 4.82. The van der Waals surface area contributed by atoms with Crippen LogP contribution >= 0.6 is 0 Å². The number of hydrazine groups is 1. The Balaban J connectivity index is 2.16. The van der Waals surface area contributed by atoms with Crippen molar-refractivity contribution in [3.63, 3.8) is 0 Å². The van der Waals surface area contributed by atoms with Gasteiger partial charge in [-0.05, 0) is 57.5 Å². The number of nitrogens with zero attached hydrogens (tertiary/aromatic N) is 1. The minimum absolute atomic E-state index is 0.276. The van der Waals surface area contributed by atoms with Gasteiger partial charge in [0.2, 0.25) is 0 Å². The second-order valence-corrected chi connectivity index (χ2v) is 7.73. The summed E-state index contributed by atoms with van der Waals surface area (Å²) in [5.74, 6) is 8.52. The van der Waals surface area contributed by atoms with Gasteiger partial charge in [-0.1, -0.05) is 39.5 Å². The molecule has 0 aromatic carbocycles. The van der Waals surface area contributed by atoms with Crippen LogP contribution in [0, 0.1) is 17.8 Å². The highest BCUT2D eigenvalue weighted by Crippen LogP contribution is 2.43. The van der Waals surface area contributed by atoms with Crippen LogP contribution in [-0.4, -0.2) is 30.6 Å². The van der Waals surface area contributed by atoms with Gasteiger partial charge in [0.25, 0.3) is 0 Å². The molecule has 4 unspecified atom stereocenters.